The molecule has 0 aromatic heterocycles. The van der Waals surface area contributed by atoms with Gasteiger partial charge in [0.25, 0.3) is 0 Å². The summed E-state index contributed by atoms with van der Waals surface area (Å²) in [6.45, 7) is 2.98. The lowest BCUT2D eigenvalue weighted by Crippen LogP contribution is -2.37. The Labute approximate surface area is 70.8 Å². The number of carboxylic acid groups (broad SMARTS) is 1. The predicted molar refractivity (Wildman–Crippen MR) is 45.7 cm³/mol. The normalized spacial score (nSPS) is 25.7. The van der Waals surface area contributed by atoms with E-state index in [4.69, 9.17) is 5.11 Å². The topological polar surface area (TPSA) is 40.5 Å². The maximum atomic E-state index is 10.6. The number of hydrogen-bond donors (Lipinski definition) is 1. The van der Waals surface area contributed by atoms with Crippen molar-refractivity contribution >= 4 is 17.7 Å². The Kier molecular flexibility index (Phi) is 3.20. The van der Waals surface area contributed by atoms with Crippen LogP contribution >= 0.6 is 11.8 Å². The highest BCUT2D eigenvalue weighted by molar-refractivity contribution is 7.99. The van der Waals surface area contributed by atoms with Gasteiger partial charge in [0.2, 0.25) is 0 Å². The molecule has 0 unspecified atom stereocenters. The molecule has 0 amide bonds. The van der Waals surface area contributed by atoms with Crippen LogP contribution in [0.5, 0.6) is 0 Å². The molecule has 0 spiro atoms. The monoisotopic (exact) mass is 175 g/mol. The van der Waals surface area contributed by atoms with Gasteiger partial charge in [0.1, 0.15) is 6.04 Å². The van der Waals surface area contributed by atoms with Crippen molar-refractivity contribution in [3.63, 3.8) is 0 Å². The fourth-order valence-corrected chi connectivity index (χ4v) is 2.44. The smallest absolute Gasteiger partial charge is 0.321 e. The Hall–Kier alpha value is -0.220. The van der Waals surface area contributed by atoms with Crippen LogP contribution in [0, 0.1) is 0 Å². The minimum Gasteiger partial charge on any atom is -0.480 e. The molecule has 0 aromatic rings. The van der Waals surface area contributed by atoms with E-state index in [-0.39, 0.29) is 6.04 Å². The summed E-state index contributed by atoms with van der Waals surface area (Å²) < 4.78 is 0. The van der Waals surface area contributed by atoms with Gasteiger partial charge in [0.15, 0.2) is 0 Å². The van der Waals surface area contributed by atoms with Crippen molar-refractivity contribution in [3.05, 3.63) is 0 Å². The van der Waals surface area contributed by atoms with E-state index >= 15 is 0 Å². The molecule has 1 aliphatic heterocycles. The van der Waals surface area contributed by atoms with Crippen LogP contribution in [-0.4, -0.2) is 40.2 Å². The molecular formula is C7H13NO2S. The molecule has 3 nitrogen and oxygen atoms in total. The zero-order valence-corrected chi connectivity index (χ0v) is 7.43. The molecule has 1 heterocycles. The number of aliphatic carboxylic acids is 1. The fraction of sp³-hybridized carbons (Fsp3) is 0.857. The van der Waals surface area contributed by atoms with Crippen molar-refractivity contribution in [2.75, 3.05) is 18.2 Å². The van der Waals surface area contributed by atoms with Gasteiger partial charge in [-0.15, -0.1) is 11.8 Å². The zero-order chi connectivity index (χ0) is 8.27. The molecule has 0 aliphatic carbocycles. The molecule has 0 saturated carbocycles. The summed E-state index contributed by atoms with van der Waals surface area (Å²) in [5.74, 6) is 0.948. The predicted octanol–water partition coefficient (Wildman–Crippen LogP) is 0.856. The van der Waals surface area contributed by atoms with Gasteiger partial charge in [-0.1, -0.05) is 6.92 Å². The zero-order valence-electron chi connectivity index (χ0n) is 6.62. The van der Waals surface area contributed by atoms with Crippen LogP contribution < -0.4 is 0 Å². The van der Waals surface area contributed by atoms with Gasteiger partial charge in [-0.05, 0) is 13.0 Å². The van der Waals surface area contributed by atoms with Crippen LogP contribution in [0.2, 0.25) is 0 Å². The average Bonchev–Trinajstić information content (AvgIpc) is 2.36. The number of carbonyl (C=O) groups is 1. The van der Waals surface area contributed by atoms with Crippen LogP contribution in [-0.2, 0) is 4.79 Å². The summed E-state index contributed by atoms with van der Waals surface area (Å²) in [4.78, 5) is 12.7. The Morgan fingerprint density at radius 2 is 2.55 bits per heavy atom. The first kappa shape index (κ1) is 8.87. The minimum atomic E-state index is -0.677. The van der Waals surface area contributed by atoms with Crippen molar-refractivity contribution in [1.29, 1.82) is 0 Å². The third-order valence-corrected chi connectivity index (χ3v) is 2.84. The van der Waals surface area contributed by atoms with Crippen LogP contribution in [0.1, 0.15) is 13.3 Å². The molecule has 1 N–H and O–H groups in total. The second kappa shape index (κ2) is 3.97. The SMILES string of the molecule is CCCN1CSC[C@H]1C(=O)O. The van der Waals surface area contributed by atoms with Gasteiger partial charge in [0.05, 0.1) is 0 Å². The van der Waals surface area contributed by atoms with Gasteiger partial charge in [-0.3, -0.25) is 9.69 Å². The maximum Gasteiger partial charge on any atom is 0.321 e. The maximum absolute atomic E-state index is 10.6. The second-order valence-electron chi connectivity index (χ2n) is 2.67. The fourth-order valence-electron chi connectivity index (χ4n) is 1.21. The largest absolute Gasteiger partial charge is 0.480 e. The van der Waals surface area contributed by atoms with Crippen molar-refractivity contribution in [2.45, 2.75) is 19.4 Å². The summed E-state index contributed by atoms with van der Waals surface area (Å²) in [6, 6.07) is -0.236. The first-order valence-electron chi connectivity index (χ1n) is 3.80. The highest BCUT2D eigenvalue weighted by atomic mass is 32.2. The first-order valence-corrected chi connectivity index (χ1v) is 4.95. The van der Waals surface area contributed by atoms with Crippen molar-refractivity contribution in [1.82, 2.24) is 4.90 Å². The molecular weight excluding hydrogens is 162 g/mol. The van der Waals surface area contributed by atoms with Crippen LogP contribution in [0.3, 0.4) is 0 Å². The van der Waals surface area contributed by atoms with Gasteiger partial charge >= 0.3 is 5.97 Å². The summed E-state index contributed by atoms with van der Waals surface area (Å²) >= 11 is 1.70. The number of thioether (sulfide) groups is 1. The lowest BCUT2D eigenvalue weighted by Gasteiger charge is -2.18. The van der Waals surface area contributed by atoms with E-state index in [1.807, 2.05) is 4.90 Å². The third kappa shape index (κ3) is 2.10. The van der Waals surface area contributed by atoms with Gasteiger partial charge in [-0.2, -0.15) is 0 Å². The standard InChI is InChI=1S/C7H13NO2S/c1-2-3-8-5-11-4-6(8)7(9)10/h6H,2-5H2,1H3,(H,9,10)/t6-/m0/s1. The van der Waals surface area contributed by atoms with Crippen LogP contribution in [0.15, 0.2) is 0 Å². The quantitative estimate of drug-likeness (QED) is 0.690. The first-order chi connectivity index (χ1) is 5.25. The molecule has 1 saturated heterocycles. The molecule has 1 rings (SSSR count). The lowest BCUT2D eigenvalue weighted by molar-refractivity contribution is -0.141. The third-order valence-electron chi connectivity index (χ3n) is 1.77. The highest BCUT2D eigenvalue weighted by Gasteiger charge is 2.29. The van der Waals surface area contributed by atoms with E-state index in [1.165, 1.54) is 0 Å². The minimum absolute atomic E-state index is 0.236. The van der Waals surface area contributed by atoms with E-state index in [9.17, 15) is 4.79 Å². The Balaban J connectivity index is 2.44. The molecule has 0 radical (unpaired) electrons. The van der Waals surface area contributed by atoms with E-state index in [1.54, 1.807) is 11.8 Å². The molecule has 0 bridgehead atoms. The van der Waals surface area contributed by atoms with Crippen molar-refractivity contribution in [3.8, 4) is 0 Å². The van der Waals surface area contributed by atoms with E-state index in [0.29, 0.717) is 0 Å². The Morgan fingerprint density at radius 1 is 1.82 bits per heavy atom. The summed E-state index contributed by atoms with van der Waals surface area (Å²) in [7, 11) is 0. The Morgan fingerprint density at radius 3 is 3.09 bits per heavy atom. The molecule has 11 heavy (non-hydrogen) atoms. The van der Waals surface area contributed by atoms with E-state index in [2.05, 4.69) is 6.92 Å². The molecule has 1 atom stereocenters. The van der Waals surface area contributed by atoms with Crippen LogP contribution in [0.4, 0.5) is 0 Å². The highest BCUT2D eigenvalue weighted by Crippen LogP contribution is 2.20. The number of rotatable bonds is 3. The Bertz CT molecular complexity index is 151. The van der Waals surface area contributed by atoms with E-state index in [0.717, 1.165) is 24.6 Å². The lowest BCUT2D eigenvalue weighted by atomic mass is 10.3. The van der Waals surface area contributed by atoms with Crippen LogP contribution in [0.25, 0.3) is 0 Å². The molecule has 1 fully saturated rings. The second-order valence-corrected chi connectivity index (χ2v) is 3.67. The number of nitrogens with zero attached hydrogens (tertiary/aromatic N) is 1. The summed E-state index contributed by atoms with van der Waals surface area (Å²) in [5, 5.41) is 8.76. The molecule has 0 aromatic carbocycles. The van der Waals surface area contributed by atoms with E-state index < -0.39 is 5.97 Å². The molecule has 1 aliphatic rings. The summed E-state index contributed by atoms with van der Waals surface area (Å²) in [6.07, 6.45) is 1.03. The molecule has 4 heteroatoms. The van der Waals surface area contributed by atoms with Gasteiger partial charge in [0, 0.05) is 11.6 Å². The van der Waals surface area contributed by atoms with Gasteiger partial charge in [-0.25, -0.2) is 0 Å². The number of carboxylic acids is 1. The van der Waals surface area contributed by atoms with Gasteiger partial charge < -0.3 is 5.11 Å². The van der Waals surface area contributed by atoms with Crippen molar-refractivity contribution < 1.29 is 9.90 Å². The van der Waals surface area contributed by atoms with Crippen molar-refractivity contribution in [2.24, 2.45) is 0 Å². The average molecular weight is 175 g/mol. The molecule has 64 valence electrons. The summed E-state index contributed by atoms with van der Waals surface area (Å²) in [5.41, 5.74) is 0. The number of hydrogen-bond acceptors (Lipinski definition) is 3.